The minimum absolute atomic E-state index is 0.111. The molecule has 0 unspecified atom stereocenters. The zero-order valence-corrected chi connectivity index (χ0v) is 21.9. The smallest absolute Gasteiger partial charge is 0.433 e. The second kappa shape index (κ2) is 9.45. The van der Waals surface area contributed by atoms with Gasteiger partial charge in [-0.25, -0.2) is 19.7 Å². The SMILES string of the molecule is Cc1cc([C@@H](C)Nc2ccc(C(F)(F)F)nc2C(=O)O)c2oc(-c3ccc4nc(C)sc4n3)c(C)c(=O)c2c1. The average Bonchev–Trinajstić information content (AvgIpc) is 3.24. The number of rotatable bonds is 5. The van der Waals surface area contributed by atoms with Gasteiger partial charge in [0, 0.05) is 11.1 Å². The molecule has 5 rings (SSSR count). The molecule has 0 saturated carbocycles. The van der Waals surface area contributed by atoms with Gasteiger partial charge in [-0.1, -0.05) is 17.4 Å². The molecular formula is C27H21F3N4O4S. The number of fused-ring (bicyclic) bond motifs is 2. The number of aromatic carboxylic acids is 1. The molecule has 8 nitrogen and oxygen atoms in total. The first kappa shape index (κ1) is 26.3. The third kappa shape index (κ3) is 4.83. The third-order valence-corrected chi connectivity index (χ3v) is 7.09. The van der Waals surface area contributed by atoms with E-state index in [0.29, 0.717) is 33.1 Å². The Morgan fingerprint density at radius 2 is 1.82 bits per heavy atom. The number of hydrogen-bond donors (Lipinski definition) is 2. The van der Waals surface area contributed by atoms with Gasteiger partial charge in [0.25, 0.3) is 0 Å². The Morgan fingerprint density at radius 3 is 2.51 bits per heavy atom. The average molecular weight is 555 g/mol. The molecule has 0 bridgehead atoms. The van der Waals surface area contributed by atoms with E-state index in [2.05, 4.69) is 20.3 Å². The molecule has 0 radical (unpaired) electrons. The zero-order chi connectivity index (χ0) is 28.2. The molecule has 0 aliphatic heterocycles. The van der Waals surface area contributed by atoms with Crippen LogP contribution in [-0.2, 0) is 6.18 Å². The van der Waals surface area contributed by atoms with Crippen LogP contribution in [0.1, 0.15) is 50.8 Å². The Bertz CT molecular complexity index is 1850. The molecule has 1 atom stereocenters. The zero-order valence-electron chi connectivity index (χ0n) is 21.1. The molecule has 0 fully saturated rings. The molecule has 2 N–H and O–H groups in total. The fourth-order valence-corrected chi connectivity index (χ4v) is 5.18. The predicted octanol–water partition coefficient (Wildman–Crippen LogP) is 6.68. The van der Waals surface area contributed by atoms with Crippen molar-refractivity contribution in [2.45, 2.75) is 39.9 Å². The Morgan fingerprint density at radius 1 is 1.08 bits per heavy atom. The van der Waals surface area contributed by atoms with Gasteiger partial charge in [0.1, 0.15) is 27.3 Å². The monoisotopic (exact) mass is 554 g/mol. The standard InChI is InChI=1S/C27H21F3N4O4S/c1-11-9-15(13(3)31-17-7-8-20(27(28,29)30)34-21(17)26(36)37)24-16(10-11)22(35)12(2)23(38-24)18-5-6-19-25(33-18)39-14(4)32-19/h5-10,13,31H,1-4H3,(H,36,37)/t13-/m1/s1. The lowest BCUT2D eigenvalue weighted by atomic mass is 9.99. The van der Waals surface area contributed by atoms with E-state index < -0.39 is 29.6 Å². The molecule has 200 valence electrons. The molecule has 1 aromatic carbocycles. The summed E-state index contributed by atoms with van der Waals surface area (Å²) >= 11 is 1.42. The van der Waals surface area contributed by atoms with E-state index >= 15 is 0 Å². The number of pyridine rings is 2. The maximum absolute atomic E-state index is 13.4. The van der Waals surface area contributed by atoms with Crippen LogP contribution in [-0.4, -0.2) is 26.0 Å². The summed E-state index contributed by atoms with van der Waals surface area (Å²) < 4.78 is 45.7. The Hall–Kier alpha value is -4.32. The quantitative estimate of drug-likeness (QED) is 0.247. The van der Waals surface area contributed by atoms with Crippen LogP contribution in [0.25, 0.3) is 32.8 Å². The van der Waals surface area contributed by atoms with Crippen molar-refractivity contribution in [2.24, 2.45) is 0 Å². The van der Waals surface area contributed by atoms with E-state index in [9.17, 15) is 27.9 Å². The highest BCUT2D eigenvalue weighted by Gasteiger charge is 2.34. The summed E-state index contributed by atoms with van der Waals surface area (Å²) in [5.41, 5.74) is 0.607. The number of aromatic nitrogens is 3. The van der Waals surface area contributed by atoms with Crippen LogP contribution in [0.2, 0.25) is 0 Å². The first-order chi connectivity index (χ1) is 18.3. The lowest BCUT2D eigenvalue weighted by Crippen LogP contribution is -2.17. The maximum atomic E-state index is 13.4. The number of hydrogen-bond acceptors (Lipinski definition) is 8. The van der Waals surface area contributed by atoms with Crippen molar-refractivity contribution in [3.63, 3.8) is 0 Å². The molecule has 4 aromatic heterocycles. The van der Waals surface area contributed by atoms with E-state index in [1.165, 1.54) is 11.3 Å². The molecule has 0 aliphatic carbocycles. The summed E-state index contributed by atoms with van der Waals surface area (Å²) in [7, 11) is 0. The molecular weight excluding hydrogens is 533 g/mol. The van der Waals surface area contributed by atoms with Gasteiger partial charge in [0.15, 0.2) is 16.9 Å². The van der Waals surface area contributed by atoms with E-state index in [1.54, 1.807) is 45.0 Å². The second-order valence-electron chi connectivity index (χ2n) is 9.13. The van der Waals surface area contributed by atoms with Crippen molar-refractivity contribution in [1.29, 1.82) is 0 Å². The topological polar surface area (TPSA) is 118 Å². The number of carboxylic acid groups (broad SMARTS) is 1. The number of carbonyl (C=O) groups is 1. The second-order valence-corrected chi connectivity index (χ2v) is 10.3. The third-order valence-electron chi connectivity index (χ3n) is 6.21. The number of thiazole rings is 1. The highest BCUT2D eigenvalue weighted by atomic mass is 32.1. The summed E-state index contributed by atoms with van der Waals surface area (Å²) in [6.07, 6.45) is -4.80. The minimum Gasteiger partial charge on any atom is -0.476 e. The first-order valence-electron chi connectivity index (χ1n) is 11.7. The van der Waals surface area contributed by atoms with E-state index in [-0.39, 0.29) is 22.5 Å². The highest BCUT2D eigenvalue weighted by molar-refractivity contribution is 7.18. The summed E-state index contributed by atoms with van der Waals surface area (Å²) in [6, 6.07) is 8.04. The first-order valence-corrected chi connectivity index (χ1v) is 12.6. The van der Waals surface area contributed by atoms with E-state index in [4.69, 9.17) is 4.42 Å². The van der Waals surface area contributed by atoms with Gasteiger partial charge in [-0.15, -0.1) is 0 Å². The highest BCUT2D eigenvalue weighted by Crippen LogP contribution is 2.34. The Kier molecular flexibility index (Phi) is 6.37. The van der Waals surface area contributed by atoms with Crippen molar-refractivity contribution in [1.82, 2.24) is 15.0 Å². The summed E-state index contributed by atoms with van der Waals surface area (Å²) in [5, 5.41) is 13.6. The van der Waals surface area contributed by atoms with Gasteiger partial charge in [0.2, 0.25) is 0 Å². The van der Waals surface area contributed by atoms with Gasteiger partial charge in [-0.2, -0.15) is 13.2 Å². The summed E-state index contributed by atoms with van der Waals surface area (Å²) in [5.74, 6) is -1.34. The molecule has 0 amide bonds. The number of benzene rings is 1. The number of alkyl halides is 3. The van der Waals surface area contributed by atoms with Gasteiger partial charge < -0.3 is 14.8 Å². The molecule has 39 heavy (non-hydrogen) atoms. The largest absolute Gasteiger partial charge is 0.476 e. The summed E-state index contributed by atoms with van der Waals surface area (Å²) in [4.78, 5) is 38.2. The molecule has 4 heterocycles. The van der Waals surface area contributed by atoms with Crippen LogP contribution in [0.15, 0.2) is 45.6 Å². The lowest BCUT2D eigenvalue weighted by molar-refractivity contribution is -0.141. The molecule has 0 aliphatic rings. The number of halogens is 3. The van der Waals surface area contributed by atoms with Crippen LogP contribution in [0.4, 0.5) is 18.9 Å². The molecule has 0 saturated heterocycles. The van der Waals surface area contributed by atoms with Gasteiger partial charge in [-0.05, 0) is 63.6 Å². The number of anilines is 1. The molecule has 5 aromatic rings. The number of nitrogens with one attached hydrogen (secondary N) is 1. The van der Waals surface area contributed by atoms with Gasteiger partial charge in [0.05, 0.1) is 22.1 Å². The van der Waals surface area contributed by atoms with Gasteiger partial charge in [-0.3, -0.25) is 4.79 Å². The Balaban J connectivity index is 1.64. The maximum Gasteiger partial charge on any atom is 0.433 e. The van der Waals surface area contributed by atoms with Crippen LogP contribution < -0.4 is 10.7 Å². The Labute approximate surface area is 223 Å². The minimum atomic E-state index is -4.80. The van der Waals surface area contributed by atoms with Crippen molar-refractivity contribution in [2.75, 3.05) is 5.32 Å². The molecule has 0 spiro atoms. The normalized spacial score (nSPS) is 12.7. The fourth-order valence-electron chi connectivity index (χ4n) is 4.39. The van der Waals surface area contributed by atoms with E-state index in [1.807, 2.05) is 6.92 Å². The number of aryl methyl sites for hydroxylation is 2. The van der Waals surface area contributed by atoms with Crippen molar-refractivity contribution < 1.29 is 27.5 Å². The summed E-state index contributed by atoms with van der Waals surface area (Å²) in [6.45, 7) is 7.00. The van der Waals surface area contributed by atoms with Gasteiger partial charge >= 0.3 is 12.1 Å². The lowest BCUT2D eigenvalue weighted by Gasteiger charge is -2.20. The predicted molar refractivity (Wildman–Crippen MR) is 141 cm³/mol. The van der Waals surface area contributed by atoms with E-state index in [0.717, 1.165) is 22.2 Å². The van der Waals surface area contributed by atoms with Crippen molar-refractivity contribution in [3.05, 3.63) is 79.7 Å². The van der Waals surface area contributed by atoms with Crippen molar-refractivity contribution in [3.8, 4) is 11.5 Å². The van der Waals surface area contributed by atoms with Crippen molar-refractivity contribution >= 4 is 44.3 Å². The fraction of sp³-hybridized carbons (Fsp3) is 0.222. The molecule has 12 heteroatoms. The number of carboxylic acids is 1. The van der Waals surface area contributed by atoms with Crippen LogP contribution in [0.5, 0.6) is 0 Å². The van der Waals surface area contributed by atoms with Crippen LogP contribution in [0.3, 0.4) is 0 Å². The van der Waals surface area contributed by atoms with Crippen LogP contribution >= 0.6 is 11.3 Å². The van der Waals surface area contributed by atoms with Crippen LogP contribution in [0, 0.1) is 20.8 Å². The number of nitrogens with zero attached hydrogens (tertiary/aromatic N) is 3.